The Labute approximate surface area is 124 Å². The van der Waals surface area contributed by atoms with E-state index in [4.69, 9.17) is 16.3 Å². The van der Waals surface area contributed by atoms with Gasteiger partial charge in [-0.2, -0.15) is 4.98 Å². The number of rotatable bonds is 5. The van der Waals surface area contributed by atoms with Crippen molar-refractivity contribution >= 4 is 17.4 Å². The van der Waals surface area contributed by atoms with Gasteiger partial charge in [0.25, 0.3) is 0 Å². The molecule has 0 bridgehead atoms. The van der Waals surface area contributed by atoms with Gasteiger partial charge in [0, 0.05) is 18.5 Å². The van der Waals surface area contributed by atoms with Gasteiger partial charge in [0.2, 0.25) is 5.88 Å². The van der Waals surface area contributed by atoms with Crippen molar-refractivity contribution in [3.63, 3.8) is 0 Å². The van der Waals surface area contributed by atoms with Crippen molar-refractivity contribution in [2.24, 2.45) is 0 Å². The van der Waals surface area contributed by atoms with Crippen molar-refractivity contribution in [1.29, 1.82) is 0 Å². The van der Waals surface area contributed by atoms with Gasteiger partial charge in [-0.3, -0.25) is 0 Å². The summed E-state index contributed by atoms with van der Waals surface area (Å²) in [6.45, 7) is 4.40. The summed E-state index contributed by atoms with van der Waals surface area (Å²) in [5.41, 5.74) is 1.92. The van der Waals surface area contributed by atoms with Gasteiger partial charge in [-0.05, 0) is 24.6 Å². The van der Waals surface area contributed by atoms with E-state index in [1.54, 1.807) is 0 Å². The number of hydrogen-bond acceptors (Lipinski definition) is 4. The normalized spacial score (nSPS) is 10.4. The molecule has 0 aliphatic heterocycles. The third kappa shape index (κ3) is 3.39. The van der Waals surface area contributed by atoms with Gasteiger partial charge in [-0.15, -0.1) is 0 Å². The fourth-order valence-corrected chi connectivity index (χ4v) is 2.07. The average Bonchev–Trinajstić information content (AvgIpc) is 2.46. The third-order valence-corrected chi connectivity index (χ3v) is 3.20. The largest absolute Gasteiger partial charge is 0.472 e. The molecule has 1 N–H and O–H groups in total. The lowest BCUT2D eigenvalue weighted by Gasteiger charge is -2.12. The monoisotopic (exact) mass is 291 g/mol. The molecule has 0 atom stereocenters. The molecule has 2 rings (SSSR count). The average molecular weight is 292 g/mol. The van der Waals surface area contributed by atoms with Gasteiger partial charge < -0.3 is 10.1 Å². The second kappa shape index (κ2) is 6.57. The van der Waals surface area contributed by atoms with Crippen molar-refractivity contribution in [1.82, 2.24) is 9.97 Å². The Kier molecular flexibility index (Phi) is 4.79. The highest BCUT2D eigenvalue weighted by molar-refractivity contribution is 6.30. The second-order valence-electron chi connectivity index (χ2n) is 4.44. The van der Waals surface area contributed by atoms with Gasteiger partial charge in [0.1, 0.15) is 18.2 Å². The van der Waals surface area contributed by atoms with Crippen molar-refractivity contribution in [3.8, 4) is 5.88 Å². The lowest BCUT2D eigenvalue weighted by molar-refractivity contribution is 0.290. The van der Waals surface area contributed by atoms with Crippen LogP contribution < -0.4 is 10.1 Å². The van der Waals surface area contributed by atoms with Crippen LogP contribution in [-0.4, -0.2) is 17.0 Å². The predicted molar refractivity (Wildman–Crippen MR) is 81.5 cm³/mol. The molecule has 0 saturated carbocycles. The van der Waals surface area contributed by atoms with Crippen LogP contribution >= 0.6 is 11.6 Å². The highest BCUT2D eigenvalue weighted by Gasteiger charge is 2.10. The van der Waals surface area contributed by atoms with E-state index in [-0.39, 0.29) is 0 Å². The SMILES string of the molecule is CCc1nc(NC)c(C)c(OCc2cccc(Cl)c2)n1. The number of aryl methyl sites for hydroxylation is 1. The molecule has 1 aromatic heterocycles. The predicted octanol–water partition coefficient (Wildman–Crippen LogP) is 3.62. The molecule has 0 fully saturated rings. The van der Waals surface area contributed by atoms with Crippen LogP contribution in [0.2, 0.25) is 5.02 Å². The van der Waals surface area contributed by atoms with Crippen molar-refractivity contribution < 1.29 is 4.74 Å². The summed E-state index contributed by atoms with van der Waals surface area (Å²) >= 11 is 5.96. The zero-order valence-electron chi connectivity index (χ0n) is 11.9. The van der Waals surface area contributed by atoms with E-state index >= 15 is 0 Å². The third-order valence-electron chi connectivity index (χ3n) is 2.97. The molecule has 0 amide bonds. The summed E-state index contributed by atoms with van der Waals surface area (Å²) in [6, 6.07) is 7.61. The highest BCUT2D eigenvalue weighted by atomic mass is 35.5. The molecular weight excluding hydrogens is 274 g/mol. The summed E-state index contributed by atoms with van der Waals surface area (Å²) in [4.78, 5) is 8.85. The minimum absolute atomic E-state index is 0.435. The maximum Gasteiger partial charge on any atom is 0.222 e. The molecule has 0 aliphatic carbocycles. The first-order valence-electron chi connectivity index (χ1n) is 6.56. The Balaban J connectivity index is 2.20. The lowest BCUT2D eigenvalue weighted by atomic mass is 10.2. The van der Waals surface area contributed by atoms with Gasteiger partial charge in [0.05, 0.1) is 5.56 Å². The fourth-order valence-electron chi connectivity index (χ4n) is 1.86. The van der Waals surface area contributed by atoms with Crippen molar-refractivity contribution in [2.45, 2.75) is 26.9 Å². The molecule has 2 aromatic rings. The van der Waals surface area contributed by atoms with Gasteiger partial charge in [-0.1, -0.05) is 30.7 Å². The molecule has 0 aliphatic rings. The van der Waals surface area contributed by atoms with Crippen LogP contribution in [0, 0.1) is 6.92 Å². The first kappa shape index (κ1) is 14.6. The second-order valence-corrected chi connectivity index (χ2v) is 4.88. The number of anilines is 1. The standard InChI is InChI=1S/C15H18ClN3O/c1-4-13-18-14(17-3)10(2)15(19-13)20-9-11-6-5-7-12(16)8-11/h5-8H,4,9H2,1-3H3,(H,17,18,19). The number of nitrogens with one attached hydrogen (secondary N) is 1. The first-order valence-corrected chi connectivity index (χ1v) is 6.94. The smallest absolute Gasteiger partial charge is 0.222 e. The van der Waals surface area contributed by atoms with Gasteiger partial charge in [0.15, 0.2) is 0 Å². The molecule has 1 heterocycles. The summed E-state index contributed by atoms with van der Waals surface area (Å²) < 4.78 is 5.81. The van der Waals surface area contributed by atoms with E-state index in [0.717, 1.165) is 29.2 Å². The van der Waals surface area contributed by atoms with Crippen molar-refractivity contribution in [3.05, 3.63) is 46.2 Å². The molecular formula is C15H18ClN3O. The fraction of sp³-hybridized carbons (Fsp3) is 0.333. The summed E-state index contributed by atoms with van der Waals surface area (Å²) in [7, 11) is 1.84. The molecule has 1 aromatic carbocycles. The number of nitrogens with zero attached hydrogens (tertiary/aromatic N) is 2. The molecule has 0 saturated heterocycles. The van der Waals surface area contributed by atoms with Crippen LogP contribution in [-0.2, 0) is 13.0 Å². The Bertz CT molecular complexity index is 602. The van der Waals surface area contributed by atoms with E-state index in [1.165, 1.54) is 0 Å². The number of halogens is 1. The van der Waals surface area contributed by atoms with E-state index < -0.39 is 0 Å². The molecule has 4 nitrogen and oxygen atoms in total. The quantitative estimate of drug-likeness (QED) is 0.914. The first-order chi connectivity index (χ1) is 9.63. The van der Waals surface area contributed by atoms with Crippen molar-refractivity contribution in [2.75, 3.05) is 12.4 Å². The van der Waals surface area contributed by atoms with Crippen LogP contribution in [0.25, 0.3) is 0 Å². The number of aromatic nitrogens is 2. The number of hydrogen-bond donors (Lipinski definition) is 1. The van der Waals surface area contributed by atoms with Crippen LogP contribution in [0.1, 0.15) is 23.9 Å². The van der Waals surface area contributed by atoms with Crippen LogP contribution in [0.3, 0.4) is 0 Å². The van der Waals surface area contributed by atoms with Crippen LogP contribution in [0.15, 0.2) is 24.3 Å². The van der Waals surface area contributed by atoms with E-state index in [2.05, 4.69) is 15.3 Å². The lowest BCUT2D eigenvalue weighted by Crippen LogP contribution is -2.07. The molecule has 0 spiro atoms. The maximum absolute atomic E-state index is 5.96. The van der Waals surface area contributed by atoms with Crippen LogP contribution in [0.5, 0.6) is 5.88 Å². The molecule has 0 unspecified atom stereocenters. The molecule has 5 heteroatoms. The topological polar surface area (TPSA) is 47.0 Å². The Morgan fingerprint density at radius 1 is 1.30 bits per heavy atom. The van der Waals surface area contributed by atoms with Gasteiger partial charge in [-0.25, -0.2) is 4.98 Å². The zero-order valence-corrected chi connectivity index (χ0v) is 12.7. The summed E-state index contributed by atoms with van der Waals surface area (Å²) in [6.07, 6.45) is 0.766. The molecule has 106 valence electrons. The Morgan fingerprint density at radius 3 is 2.75 bits per heavy atom. The van der Waals surface area contributed by atoms with E-state index in [1.807, 2.05) is 45.2 Å². The van der Waals surface area contributed by atoms with Gasteiger partial charge >= 0.3 is 0 Å². The Morgan fingerprint density at radius 2 is 2.10 bits per heavy atom. The highest BCUT2D eigenvalue weighted by Crippen LogP contribution is 2.23. The summed E-state index contributed by atoms with van der Waals surface area (Å²) in [5, 5.41) is 3.77. The summed E-state index contributed by atoms with van der Waals surface area (Å²) in [5.74, 6) is 2.18. The Hall–Kier alpha value is -1.81. The van der Waals surface area contributed by atoms with Crippen LogP contribution in [0.4, 0.5) is 5.82 Å². The minimum Gasteiger partial charge on any atom is -0.472 e. The molecule has 0 radical (unpaired) electrons. The molecule has 20 heavy (non-hydrogen) atoms. The minimum atomic E-state index is 0.435. The number of ether oxygens (including phenoxy) is 1. The van der Waals surface area contributed by atoms with E-state index in [9.17, 15) is 0 Å². The zero-order chi connectivity index (χ0) is 14.5. The maximum atomic E-state index is 5.96. The number of benzene rings is 1. The van der Waals surface area contributed by atoms with E-state index in [0.29, 0.717) is 17.5 Å².